The average molecular weight is 710 g/mol. The Morgan fingerprint density at radius 3 is 2.28 bits per heavy atom. The molecule has 0 fully saturated rings. The number of rotatable bonds is 9. The number of benzene rings is 3. The number of fused-ring (bicyclic) bond motifs is 1. The van der Waals surface area contributed by atoms with Crippen molar-refractivity contribution in [2.75, 3.05) is 11.9 Å². The molecule has 3 heterocycles. The van der Waals surface area contributed by atoms with Gasteiger partial charge in [-0.3, -0.25) is 4.79 Å². The normalized spacial score (nSPS) is 11.4. The van der Waals surface area contributed by atoms with Crippen LogP contribution in [0.1, 0.15) is 28.7 Å². The summed E-state index contributed by atoms with van der Waals surface area (Å²) in [5.41, 5.74) is -0.165. The highest BCUT2D eigenvalue weighted by Crippen LogP contribution is 2.37. The Labute approximate surface area is 273 Å². The molecule has 8 nitrogen and oxygen atoms in total. The zero-order valence-corrected chi connectivity index (χ0v) is 26.7. The molecule has 0 radical (unpaired) electrons. The highest BCUT2D eigenvalue weighted by atomic mass is 79.9. The first-order valence-electron chi connectivity index (χ1n) is 13.9. The molecule has 0 saturated heterocycles. The molecule has 0 atom stereocenters. The fraction of sp³-hybridized carbons (Fsp3) is 0.121. The van der Waals surface area contributed by atoms with Crippen LogP contribution in [0.4, 0.5) is 18.9 Å². The molecule has 6 rings (SSSR count). The van der Waals surface area contributed by atoms with Crippen LogP contribution in [0.5, 0.6) is 28.7 Å². The predicted octanol–water partition coefficient (Wildman–Crippen LogP) is 9.78. The van der Waals surface area contributed by atoms with Crippen LogP contribution in [0.2, 0.25) is 0 Å². The molecular weight excluding hydrogens is 685 g/mol. The molecule has 0 aliphatic carbocycles. The van der Waals surface area contributed by atoms with Gasteiger partial charge in [0.05, 0.1) is 21.7 Å². The third-order valence-electron chi connectivity index (χ3n) is 6.55. The number of thiophene rings is 1. The van der Waals surface area contributed by atoms with E-state index in [4.69, 9.17) is 14.2 Å². The van der Waals surface area contributed by atoms with E-state index in [1.807, 2.05) is 32.0 Å². The molecule has 234 valence electrons. The monoisotopic (exact) mass is 708 g/mol. The maximum absolute atomic E-state index is 14.1. The maximum atomic E-state index is 14.1. The summed E-state index contributed by atoms with van der Waals surface area (Å²) in [5.74, 6) is 1.65. The smallest absolute Gasteiger partial charge is 0.433 e. The Morgan fingerprint density at radius 2 is 1.63 bits per heavy atom. The Hall–Kier alpha value is -4.88. The van der Waals surface area contributed by atoms with Crippen LogP contribution < -0.4 is 19.5 Å². The van der Waals surface area contributed by atoms with Crippen LogP contribution in [-0.2, 0) is 6.18 Å². The van der Waals surface area contributed by atoms with Gasteiger partial charge in [0.25, 0.3) is 5.91 Å². The van der Waals surface area contributed by atoms with E-state index in [9.17, 15) is 18.0 Å². The van der Waals surface area contributed by atoms with Crippen molar-refractivity contribution in [2.45, 2.75) is 20.0 Å². The summed E-state index contributed by atoms with van der Waals surface area (Å²) in [6.07, 6.45) is -4.76. The molecule has 6 aromatic rings. The number of aromatic nitrogens is 3. The average Bonchev–Trinajstić information content (AvgIpc) is 3.66. The lowest BCUT2D eigenvalue weighted by molar-refractivity contribution is -0.142. The molecule has 3 aromatic carbocycles. The van der Waals surface area contributed by atoms with Crippen LogP contribution in [0.25, 0.3) is 16.2 Å². The van der Waals surface area contributed by atoms with Crippen molar-refractivity contribution in [3.05, 3.63) is 112 Å². The van der Waals surface area contributed by atoms with Gasteiger partial charge in [-0.2, -0.15) is 18.3 Å². The van der Waals surface area contributed by atoms with E-state index in [2.05, 4.69) is 31.3 Å². The standard InChI is InChI=1S/C33H24BrF3N4O4S/c1-3-43-21-9-11-22(12-10-21)44-24-15-20(16-25(17-24)45-23-7-4-6-19(2)14-23)38-32(42)30-29(34)31-39-26(27-8-5-13-46-27)18-28(33(35,36)37)41(31)40-30/h4-18H,3H2,1-2H3,(H,38,42). The number of carbonyl (C=O) groups excluding carboxylic acids is 1. The lowest BCUT2D eigenvalue weighted by Gasteiger charge is -2.13. The van der Waals surface area contributed by atoms with Crippen LogP contribution in [0.3, 0.4) is 0 Å². The summed E-state index contributed by atoms with van der Waals surface area (Å²) in [6.45, 7) is 4.34. The number of alkyl halides is 3. The zero-order valence-electron chi connectivity index (χ0n) is 24.3. The number of nitrogens with zero attached hydrogens (tertiary/aromatic N) is 3. The Bertz CT molecular complexity index is 2030. The van der Waals surface area contributed by atoms with E-state index < -0.39 is 17.8 Å². The molecule has 0 aliphatic rings. The van der Waals surface area contributed by atoms with Gasteiger partial charge in [-0.05, 0) is 89.3 Å². The summed E-state index contributed by atoms with van der Waals surface area (Å²) < 4.78 is 60.6. The summed E-state index contributed by atoms with van der Waals surface area (Å²) in [4.78, 5) is 18.5. The van der Waals surface area contributed by atoms with Crippen LogP contribution in [-0.4, -0.2) is 27.1 Å². The number of halogens is 4. The molecular formula is C33H24BrF3N4O4S. The molecule has 46 heavy (non-hydrogen) atoms. The first-order chi connectivity index (χ1) is 22.1. The van der Waals surface area contributed by atoms with E-state index in [0.717, 1.165) is 11.6 Å². The minimum atomic E-state index is -4.76. The van der Waals surface area contributed by atoms with Gasteiger partial charge >= 0.3 is 6.18 Å². The molecule has 0 spiro atoms. The highest BCUT2D eigenvalue weighted by molar-refractivity contribution is 9.10. The van der Waals surface area contributed by atoms with E-state index in [0.29, 0.717) is 44.7 Å². The van der Waals surface area contributed by atoms with Crippen molar-refractivity contribution in [1.29, 1.82) is 0 Å². The number of nitrogens with one attached hydrogen (secondary N) is 1. The van der Waals surface area contributed by atoms with Crippen LogP contribution in [0, 0.1) is 6.92 Å². The molecule has 0 saturated carbocycles. The quantitative estimate of drug-likeness (QED) is 0.161. The summed E-state index contributed by atoms with van der Waals surface area (Å²) >= 11 is 4.52. The largest absolute Gasteiger partial charge is 0.494 e. The van der Waals surface area contributed by atoms with Gasteiger partial charge in [0, 0.05) is 23.9 Å². The maximum Gasteiger partial charge on any atom is 0.433 e. The van der Waals surface area contributed by atoms with Crippen molar-refractivity contribution in [2.24, 2.45) is 0 Å². The third kappa shape index (κ3) is 6.85. The van der Waals surface area contributed by atoms with Gasteiger partial charge < -0.3 is 19.5 Å². The second-order valence-electron chi connectivity index (χ2n) is 9.97. The number of anilines is 1. The Balaban J connectivity index is 1.35. The SMILES string of the molecule is CCOc1ccc(Oc2cc(NC(=O)c3nn4c(C(F)(F)F)cc(-c5cccs5)nc4c3Br)cc(Oc3cccc(C)c3)c2)cc1. The van der Waals surface area contributed by atoms with Gasteiger partial charge in [0.1, 0.15) is 28.7 Å². The van der Waals surface area contributed by atoms with Gasteiger partial charge in [-0.25, -0.2) is 9.50 Å². The number of ether oxygens (including phenoxy) is 3. The minimum Gasteiger partial charge on any atom is -0.494 e. The van der Waals surface area contributed by atoms with Crippen molar-refractivity contribution in [3.8, 4) is 39.3 Å². The van der Waals surface area contributed by atoms with Gasteiger partial charge in [-0.15, -0.1) is 11.3 Å². The molecule has 1 amide bonds. The van der Waals surface area contributed by atoms with E-state index in [1.165, 1.54) is 11.3 Å². The number of aryl methyl sites for hydroxylation is 1. The molecule has 3 aromatic heterocycles. The number of hydrogen-bond donors (Lipinski definition) is 1. The Kier molecular flexibility index (Phi) is 8.69. The number of hydrogen-bond acceptors (Lipinski definition) is 7. The lowest BCUT2D eigenvalue weighted by Crippen LogP contribution is -2.16. The Morgan fingerprint density at radius 1 is 0.913 bits per heavy atom. The van der Waals surface area contributed by atoms with Crippen LogP contribution >= 0.6 is 27.3 Å². The lowest BCUT2D eigenvalue weighted by atomic mass is 10.2. The molecule has 0 unspecified atom stereocenters. The second-order valence-corrected chi connectivity index (χ2v) is 11.7. The molecule has 13 heteroatoms. The van der Waals surface area contributed by atoms with Gasteiger partial charge in [0.15, 0.2) is 17.0 Å². The van der Waals surface area contributed by atoms with E-state index in [-0.39, 0.29) is 27.2 Å². The molecule has 0 bridgehead atoms. The highest BCUT2D eigenvalue weighted by Gasteiger charge is 2.36. The first kappa shape index (κ1) is 31.1. The van der Waals surface area contributed by atoms with Crippen molar-refractivity contribution < 1.29 is 32.2 Å². The first-order valence-corrected chi connectivity index (χ1v) is 15.6. The summed E-state index contributed by atoms with van der Waals surface area (Å²) in [5, 5.41) is 8.47. The van der Waals surface area contributed by atoms with Gasteiger partial charge in [0.2, 0.25) is 0 Å². The summed E-state index contributed by atoms with van der Waals surface area (Å²) in [6, 6.07) is 23.5. The summed E-state index contributed by atoms with van der Waals surface area (Å²) in [7, 11) is 0. The topological polar surface area (TPSA) is 87.0 Å². The van der Waals surface area contributed by atoms with Crippen molar-refractivity contribution in [1.82, 2.24) is 14.6 Å². The number of carbonyl (C=O) groups is 1. The second kappa shape index (κ2) is 12.9. The fourth-order valence-electron chi connectivity index (χ4n) is 4.56. The zero-order chi connectivity index (χ0) is 32.4. The predicted molar refractivity (Wildman–Crippen MR) is 172 cm³/mol. The minimum absolute atomic E-state index is 0.00642. The van der Waals surface area contributed by atoms with E-state index in [1.54, 1.807) is 66.0 Å². The van der Waals surface area contributed by atoms with Crippen molar-refractivity contribution in [3.63, 3.8) is 0 Å². The van der Waals surface area contributed by atoms with Crippen LogP contribution in [0.15, 0.2) is 94.8 Å². The fourth-order valence-corrected chi connectivity index (χ4v) is 5.76. The van der Waals surface area contributed by atoms with Crippen molar-refractivity contribution >= 4 is 44.5 Å². The molecule has 0 aliphatic heterocycles. The number of amides is 1. The van der Waals surface area contributed by atoms with Gasteiger partial charge in [-0.1, -0.05) is 18.2 Å². The molecule has 1 N–H and O–H groups in total. The van der Waals surface area contributed by atoms with E-state index >= 15 is 0 Å². The third-order valence-corrected chi connectivity index (χ3v) is 8.17.